The molecular weight excluding hydrogens is 376 g/mol. The van der Waals surface area contributed by atoms with Gasteiger partial charge in [0.2, 0.25) is 0 Å². The van der Waals surface area contributed by atoms with Gasteiger partial charge in [0.15, 0.2) is 0 Å². The number of sulfonamides is 1. The van der Waals surface area contributed by atoms with Gasteiger partial charge in [-0.3, -0.25) is 4.72 Å². The Kier molecular flexibility index (Phi) is 5.26. The number of hydrogen-bond acceptors (Lipinski definition) is 5. The van der Waals surface area contributed by atoms with Crippen LogP contribution < -0.4 is 14.8 Å². The summed E-state index contributed by atoms with van der Waals surface area (Å²) in [5, 5.41) is 3.00. The minimum atomic E-state index is -3.64. The van der Waals surface area contributed by atoms with E-state index in [1.54, 1.807) is 30.3 Å². The van der Waals surface area contributed by atoms with Crippen molar-refractivity contribution < 1.29 is 13.2 Å². The Morgan fingerprint density at radius 1 is 1.33 bits per heavy atom. The molecule has 1 aromatic carbocycles. The van der Waals surface area contributed by atoms with Crippen LogP contribution in [0.3, 0.4) is 0 Å². The molecule has 0 saturated carbocycles. The van der Waals surface area contributed by atoms with Crippen LogP contribution >= 0.6 is 27.3 Å². The van der Waals surface area contributed by atoms with E-state index in [9.17, 15) is 8.42 Å². The van der Waals surface area contributed by atoms with Gasteiger partial charge in [0.1, 0.15) is 10.6 Å². The molecule has 8 heteroatoms. The number of thiophene rings is 1. The number of nitrogens with one attached hydrogen (secondary N) is 2. The summed E-state index contributed by atoms with van der Waals surface area (Å²) in [6, 6.07) is 8.45. The van der Waals surface area contributed by atoms with Crippen molar-refractivity contribution in [2.75, 3.05) is 18.9 Å². The molecule has 0 bridgehead atoms. The third-order valence-electron chi connectivity index (χ3n) is 2.67. The van der Waals surface area contributed by atoms with E-state index in [1.807, 2.05) is 7.05 Å². The zero-order valence-corrected chi connectivity index (χ0v) is 14.7. The van der Waals surface area contributed by atoms with E-state index in [-0.39, 0.29) is 4.90 Å². The lowest BCUT2D eigenvalue weighted by Gasteiger charge is -2.08. The van der Waals surface area contributed by atoms with Crippen LogP contribution in [0.4, 0.5) is 5.69 Å². The van der Waals surface area contributed by atoms with E-state index in [0.717, 1.165) is 4.88 Å². The van der Waals surface area contributed by atoms with Gasteiger partial charge in [0, 0.05) is 17.5 Å². The molecule has 2 aromatic rings. The normalized spacial score (nSPS) is 11.4. The van der Waals surface area contributed by atoms with Crippen LogP contribution in [0.5, 0.6) is 5.75 Å². The highest BCUT2D eigenvalue weighted by Gasteiger charge is 2.21. The van der Waals surface area contributed by atoms with Crippen molar-refractivity contribution in [3.05, 3.63) is 39.0 Å². The van der Waals surface area contributed by atoms with E-state index in [2.05, 4.69) is 26.0 Å². The molecule has 114 valence electrons. The first-order valence-electron chi connectivity index (χ1n) is 6.06. The molecule has 0 radical (unpaired) electrons. The van der Waals surface area contributed by atoms with Crippen LogP contribution in [0.1, 0.15) is 4.88 Å². The lowest BCUT2D eigenvalue weighted by atomic mass is 10.3. The number of rotatable bonds is 6. The molecule has 0 unspecified atom stereocenters. The third-order valence-corrected chi connectivity index (χ3v) is 6.30. The van der Waals surface area contributed by atoms with E-state index >= 15 is 0 Å². The molecule has 5 nitrogen and oxygen atoms in total. The molecule has 0 amide bonds. The highest BCUT2D eigenvalue weighted by molar-refractivity contribution is 9.11. The monoisotopic (exact) mass is 390 g/mol. The molecule has 1 heterocycles. The smallest absolute Gasteiger partial charge is 0.263 e. The Morgan fingerprint density at radius 3 is 2.76 bits per heavy atom. The number of halogens is 1. The third kappa shape index (κ3) is 3.97. The maximum atomic E-state index is 12.4. The van der Waals surface area contributed by atoms with E-state index in [4.69, 9.17) is 4.74 Å². The average Bonchev–Trinajstić information content (AvgIpc) is 2.81. The quantitative estimate of drug-likeness (QED) is 0.795. The summed E-state index contributed by atoms with van der Waals surface area (Å²) in [6.07, 6.45) is 0. The van der Waals surface area contributed by atoms with Gasteiger partial charge in [-0.05, 0) is 41.2 Å². The largest absolute Gasteiger partial charge is 0.497 e. The lowest BCUT2D eigenvalue weighted by molar-refractivity contribution is 0.415. The van der Waals surface area contributed by atoms with Crippen LogP contribution in [0.25, 0.3) is 0 Å². The molecule has 0 saturated heterocycles. The summed E-state index contributed by atoms with van der Waals surface area (Å²) < 4.78 is 33.1. The van der Waals surface area contributed by atoms with Crippen LogP contribution in [0, 0.1) is 0 Å². The molecule has 0 aliphatic heterocycles. The second-order valence-electron chi connectivity index (χ2n) is 4.22. The minimum absolute atomic E-state index is 0.237. The first-order chi connectivity index (χ1) is 9.96. The van der Waals surface area contributed by atoms with Crippen molar-refractivity contribution in [1.82, 2.24) is 5.32 Å². The Hall–Kier alpha value is -1.09. The second kappa shape index (κ2) is 6.78. The predicted octanol–water partition coefficient (Wildman–Crippen LogP) is 3.04. The highest BCUT2D eigenvalue weighted by Crippen LogP contribution is 2.33. The molecule has 2 N–H and O–H groups in total. The second-order valence-corrected chi connectivity index (χ2v) is 8.32. The van der Waals surface area contributed by atoms with Crippen LogP contribution in [-0.4, -0.2) is 22.6 Å². The molecule has 0 aliphatic rings. The molecule has 2 rings (SSSR count). The van der Waals surface area contributed by atoms with Crippen molar-refractivity contribution in [3.63, 3.8) is 0 Å². The van der Waals surface area contributed by atoms with Crippen molar-refractivity contribution in [3.8, 4) is 5.75 Å². The van der Waals surface area contributed by atoms with Crippen LogP contribution in [-0.2, 0) is 16.6 Å². The minimum Gasteiger partial charge on any atom is -0.497 e. The predicted molar refractivity (Wildman–Crippen MR) is 88.6 cm³/mol. The van der Waals surface area contributed by atoms with Crippen molar-refractivity contribution in [1.29, 1.82) is 0 Å². The standard InChI is InChI=1S/C13H15BrN2O3S2/c1-15-8-11-7-12(13(14)20-11)21(17,18)16-9-4-3-5-10(6-9)19-2/h3-7,15-16H,8H2,1-2H3. The van der Waals surface area contributed by atoms with E-state index in [0.29, 0.717) is 21.8 Å². The maximum absolute atomic E-state index is 12.4. The molecule has 0 aliphatic carbocycles. The van der Waals surface area contributed by atoms with Crippen LogP contribution in [0.15, 0.2) is 39.0 Å². The number of benzene rings is 1. The van der Waals surface area contributed by atoms with Gasteiger partial charge in [-0.1, -0.05) is 6.07 Å². The Morgan fingerprint density at radius 2 is 2.10 bits per heavy atom. The van der Waals surface area contributed by atoms with Gasteiger partial charge in [0.25, 0.3) is 10.0 Å². The summed E-state index contributed by atoms with van der Waals surface area (Å²) in [6.45, 7) is 0.623. The molecular formula is C13H15BrN2O3S2. The van der Waals surface area contributed by atoms with Gasteiger partial charge < -0.3 is 10.1 Å². The van der Waals surface area contributed by atoms with Gasteiger partial charge >= 0.3 is 0 Å². The zero-order valence-electron chi connectivity index (χ0n) is 11.5. The van der Waals surface area contributed by atoms with Gasteiger partial charge in [-0.15, -0.1) is 11.3 Å². The number of methoxy groups -OCH3 is 1. The first kappa shape index (κ1) is 16.3. The maximum Gasteiger partial charge on any atom is 0.263 e. The fourth-order valence-electron chi connectivity index (χ4n) is 1.74. The SMILES string of the molecule is CNCc1cc(S(=O)(=O)Nc2cccc(OC)c2)c(Br)s1. The number of anilines is 1. The van der Waals surface area contributed by atoms with Crippen LogP contribution in [0.2, 0.25) is 0 Å². The molecule has 0 atom stereocenters. The van der Waals surface area contributed by atoms with Gasteiger partial charge in [0.05, 0.1) is 16.6 Å². The fraction of sp³-hybridized carbons (Fsp3) is 0.231. The molecule has 0 spiro atoms. The Bertz CT molecular complexity index is 729. The highest BCUT2D eigenvalue weighted by atomic mass is 79.9. The summed E-state index contributed by atoms with van der Waals surface area (Å²) >= 11 is 4.71. The lowest BCUT2D eigenvalue weighted by Crippen LogP contribution is -2.12. The number of ether oxygens (including phenoxy) is 1. The molecule has 0 fully saturated rings. The summed E-state index contributed by atoms with van der Waals surface area (Å²) in [7, 11) is -0.286. The van der Waals surface area contributed by atoms with Crippen molar-refractivity contribution in [2.45, 2.75) is 11.4 Å². The first-order valence-corrected chi connectivity index (χ1v) is 9.15. The summed E-state index contributed by atoms with van der Waals surface area (Å²) in [5.74, 6) is 0.593. The van der Waals surface area contributed by atoms with Gasteiger partial charge in [-0.25, -0.2) is 8.42 Å². The van der Waals surface area contributed by atoms with Crippen molar-refractivity contribution >= 4 is 43.0 Å². The Labute approximate surface area is 136 Å². The fourth-order valence-corrected chi connectivity index (χ4v) is 5.48. The molecule has 21 heavy (non-hydrogen) atoms. The molecule has 1 aromatic heterocycles. The summed E-state index contributed by atoms with van der Waals surface area (Å²) in [5.41, 5.74) is 0.461. The summed E-state index contributed by atoms with van der Waals surface area (Å²) in [4.78, 5) is 1.18. The zero-order chi connectivity index (χ0) is 15.5. The van der Waals surface area contributed by atoms with Gasteiger partial charge in [-0.2, -0.15) is 0 Å². The average molecular weight is 391 g/mol. The Balaban J connectivity index is 2.29. The van der Waals surface area contributed by atoms with Crippen molar-refractivity contribution in [2.24, 2.45) is 0 Å². The topological polar surface area (TPSA) is 67.4 Å². The van der Waals surface area contributed by atoms with E-state index in [1.165, 1.54) is 18.4 Å². The van der Waals surface area contributed by atoms with E-state index < -0.39 is 10.0 Å². The number of hydrogen-bond donors (Lipinski definition) is 2.